The maximum absolute atomic E-state index is 12.8. The van der Waals surface area contributed by atoms with Gasteiger partial charge < -0.3 is 4.90 Å². The summed E-state index contributed by atoms with van der Waals surface area (Å²) in [6.45, 7) is 7.74. The van der Waals surface area contributed by atoms with E-state index in [1.807, 2.05) is 0 Å². The summed E-state index contributed by atoms with van der Waals surface area (Å²) in [7, 11) is 0. The number of fused-ring (bicyclic) bond motifs is 5. The van der Waals surface area contributed by atoms with Gasteiger partial charge in [-0.05, 0) is 69.1 Å². The molecule has 0 aromatic rings. The summed E-state index contributed by atoms with van der Waals surface area (Å²) in [5.41, 5.74) is -0.0144. The molecule has 2 saturated carbocycles. The molecule has 2 saturated heterocycles. The van der Waals surface area contributed by atoms with E-state index in [1.165, 1.54) is 6.42 Å². The third-order valence-electron chi connectivity index (χ3n) is 8.21. The Morgan fingerprint density at radius 1 is 1.00 bits per heavy atom. The molecule has 0 aromatic carbocycles. The molecule has 2 aliphatic carbocycles. The molecule has 0 spiro atoms. The van der Waals surface area contributed by atoms with Gasteiger partial charge in [0.05, 0.1) is 0 Å². The van der Waals surface area contributed by atoms with Gasteiger partial charge in [0.25, 0.3) is 0 Å². The molecule has 4 aliphatic rings. The van der Waals surface area contributed by atoms with E-state index in [0.717, 1.165) is 51.5 Å². The molecule has 4 rings (SSSR count). The predicted molar refractivity (Wildman–Crippen MR) is 89.8 cm³/mol. The highest BCUT2D eigenvalue weighted by Crippen LogP contribution is 2.60. The van der Waals surface area contributed by atoms with E-state index in [0.29, 0.717) is 35.4 Å². The summed E-state index contributed by atoms with van der Waals surface area (Å²) < 4.78 is 0. The highest BCUT2D eigenvalue weighted by Gasteiger charge is 2.60. The van der Waals surface area contributed by atoms with Crippen LogP contribution in [0.1, 0.15) is 72.1 Å². The average molecular weight is 317 g/mol. The summed E-state index contributed by atoms with van der Waals surface area (Å²) in [6, 6.07) is 0. The zero-order valence-corrected chi connectivity index (χ0v) is 14.9. The Hall–Kier alpha value is -0.860. The molecule has 128 valence electrons. The van der Waals surface area contributed by atoms with Crippen LogP contribution in [0.5, 0.6) is 0 Å². The number of ketones is 1. The second-order valence-corrected chi connectivity index (χ2v) is 9.33. The fourth-order valence-corrected chi connectivity index (χ4v) is 6.75. The lowest BCUT2D eigenvalue weighted by molar-refractivity contribution is -0.154. The van der Waals surface area contributed by atoms with Crippen LogP contribution in [0.4, 0.5) is 0 Å². The molecule has 4 fully saturated rings. The molecular formula is C20H31NO2. The topological polar surface area (TPSA) is 37.4 Å². The average Bonchev–Trinajstić information content (AvgIpc) is 2.75. The van der Waals surface area contributed by atoms with Crippen molar-refractivity contribution in [3.05, 3.63) is 0 Å². The Balaban J connectivity index is 1.67. The highest BCUT2D eigenvalue weighted by atomic mass is 16.2. The number of hydrogen-bond donors (Lipinski definition) is 0. The highest BCUT2D eigenvalue weighted by molar-refractivity contribution is 5.87. The fourth-order valence-electron chi connectivity index (χ4n) is 6.75. The second-order valence-electron chi connectivity index (χ2n) is 9.33. The molecule has 2 unspecified atom stereocenters. The first kappa shape index (κ1) is 15.7. The summed E-state index contributed by atoms with van der Waals surface area (Å²) in [5.74, 6) is 3.25. The van der Waals surface area contributed by atoms with Gasteiger partial charge in [0.1, 0.15) is 5.78 Å². The fraction of sp³-hybridized carbons (Fsp3) is 0.900. The Kier molecular flexibility index (Phi) is 3.45. The van der Waals surface area contributed by atoms with Crippen molar-refractivity contribution >= 4 is 11.7 Å². The standard InChI is InChI=1S/C20H31NO2/c1-13-6-10-20(3)16-7-9-19(2)15(4-5-17(19)22)14(16)8-11-21(20)18(23)12-13/h13-16H,4-12H2,1-3H3/t13?,14-,15-,16?,19-,20+/m0/s1. The maximum atomic E-state index is 12.8. The molecule has 0 N–H and O–H groups in total. The number of rotatable bonds is 0. The maximum Gasteiger partial charge on any atom is 0.223 e. The molecule has 0 bridgehead atoms. The van der Waals surface area contributed by atoms with Crippen LogP contribution in [0.15, 0.2) is 0 Å². The monoisotopic (exact) mass is 317 g/mol. The van der Waals surface area contributed by atoms with Crippen LogP contribution in [-0.4, -0.2) is 28.7 Å². The van der Waals surface area contributed by atoms with E-state index >= 15 is 0 Å². The number of Topliss-reactive ketones (excluding diaryl/α,β-unsaturated/α-hetero) is 1. The van der Waals surface area contributed by atoms with Gasteiger partial charge in [-0.15, -0.1) is 0 Å². The lowest BCUT2D eigenvalue weighted by atomic mass is 9.53. The second kappa shape index (κ2) is 5.07. The molecule has 23 heavy (non-hydrogen) atoms. The van der Waals surface area contributed by atoms with E-state index in [4.69, 9.17) is 0 Å². The smallest absolute Gasteiger partial charge is 0.223 e. The number of piperidine rings is 1. The summed E-state index contributed by atoms with van der Waals surface area (Å²) >= 11 is 0. The van der Waals surface area contributed by atoms with Crippen LogP contribution in [0.2, 0.25) is 0 Å². The van der Waals surface area contributed by atoms with E-state index in [1.54, 1.807) is 0 Å². The third kappa shape index (κ3) is 2.07. The minimum absolute atomic E-state index is 0.0394. The minimum Gasteiger partial charge on any atom is -0.337 e. The number of nitrogens with zero attached hydrogens (tertiary/aromatic N) is 1. The number of carbonyl (C=O) groups excluding carboxylic acids is 2. The first-order chi connectivity index (χ1) is 10.9. The third-order valence-corrected chi connectivity index (χ3v) is 8.21. The normalized spacial score (nSPS) is 50.1. The Bertz CT molecular complexity index is 544. The first-order valence-corrected chi connectivity index (χ1v) is 9.70. The van der Waals surface area contributed by atoms with Crippen LogP contribution in [0, 0.1) is 29.1 Å². The van der Waals surface area contributed by atoms with Crippen molar-refractivity contribution in [2.75, 3.05) is 6.54 Å². The van der Waals surface area contributed by atoms with Gasteiger partial charge in [-0.25, -0.2) is 0 Å². The van der Waals surface area contributed by atoms with Gasteiger partial charge in [0.2, 0.25) is 5.91 Å². The van der Waals surface area contributed by atoms with Gasteiger partial charge in [0, 0.05) is 30.3 Å². The van der Waals surface area contributed by atoms with Crippen molar-refractivity contribution in [2.24, 2.45) is 29.1 Å². The van der Waals surface area contributed by atoms with Crippen molar-refractivity contribution < 1.29 is 9.59 Å². The quantitative estimate of drug-likeness (QED) is 0.681. The molecule has 2 aliphatic heterocycles. The molecule has 6 atom stereocenters. The van der Waals surface area contributed by atoms with Gasteiger partial charge in [0.15, 0.2) is 0 Å². The molecule has 2 heterocycles. The van der Waals surface area contributed by atoms with Gasteiger partial charge >= 0.3 is 0 Å². The Labute approximate surface area is 140 Å². The van der Waals surface area contributed by atoms with Gasteiger partial charge in [-0.3, -0.25) is 9.59 Å². The van der Waals surface area contributed by atoms with Crippen molar-refractivity contribution in [3.63, 3.8) is 0 Å². The zero-order valence-electron chi connectivity index (χ0n) is 14.9. The number of hydrogen-bond acceptors (Lipinski definition) is 2. The van der Waals surface area contributed by atoms with Crippen molar-refractivity contribution in [3.8, 4) is 0 Å². The van der Waals surface area contributed by atoms with Gasteiger partial charge in [-0.1, -0.05) is 13.8 Å². The predicted octanol–water partition coefficient (Wildman–Crippen LogP) is 3.81. The Morgan fingerprint density at radius 2 is 1.78 bits per heavy atom. The molecule has 0 radical (unpaired) electrons. The van der Waals surface area contributed by atoms with Crippen LogP contribution in [0.3, 0.4) is 0 Å². The summed E-state index contributed by atoms with van der Waals surface area (Å²) in [4.78, 5) is 27.5. The molecule has 0 aromatic heterocycles. The number of carbonyl (C=O) groups is 2. The van der Waals surface area contributed by atoms with Crippen LogP contribution >= 0.6 is 0 Å². The Morgan fingerprint density at radius 3 is 2.57 bits per heavy atom. The van der Waals surface area contributed by atoms with E-state index in [9.17, 15) is 9.59 Å². The van der Waals surface area contributed by atoms with E-state index < -0.39 is 0 Å². The molecule has 1 amide bonds. The summed E-state index contributed by atoms with van der Waals surface area (Å²) in [5, 5.41) is 0. The summed E-state index contributed by atoms with van der Waals surface area (Å²) in [6.07, 6.45) is 8.24. The van der Waals surface area contributed by atoms with Crippen molar-refractivity contribution in [1.29, 1.82) is 0 Å². The van der Waals surface area contributed by atoms with E-state index in [-0.39, 0.29) is 11.0 Å². The van der Waals surface area contributed by atoms with E-state index in [2.05, 4.69) is 25.7 Å². The largest absolute Gasteiger partial charge is 0.337 e. The molecular weight excluding hydrogens is 286 g/mol. The lowest BCUT2D eigenvalue weighted by Gasteiger charge is -2.59. The molecule has 3 nitrogen and oxygen atoms in total. The zero-order chi connectivity index (χ0) is 16.4. The van der Waals surface area contributed by atoms with Crippen LogP contribution in [-0.2, 0) is 9.59 Å². The lowest BCUT2D eigenvalue weighted by Crippen LogP contribution is -2.62. The van der Waals surface area contributed by atoms with Crippen LogP contribution < -0.4 is 0 Å². The molecule has 3 heteroatoms. The first-order valence-electron chi connectivity index (χ1n) is 9.70. The minimum atomic E-state index is -0.0538. The SMILES string of the molecule is CC1CC[C@]2(C)C3CC[C@]4(C)C(=O)CC[C@H]4[C@@H]3CCN2C(=O)C1. The van der Waals surface area contributed by atoms with Crippen molar-refractivity contribution in [1.82, 2.24) is 4.90 Å². The van der Waals surface area contributed by atoms with Crippen LogP contribution in [0.25, 0.3) is 0 Å². The van der Waals surface area contributed by atoms with Gasteiger partial charge in [-0.2, -0.15) is 0 Å². The number of amides is 1. The van der Waals surface area contributed by atoms with Crippen molar-refractivity contribution in [2.45, 2.75) is 77.7 Å².